The number of hydrogen-bond acceptors (Lipinski definition) is 5. The Morgan fingerprint density at radius 1 is 1.17 bits per heavy atom. The molecule has 1 aromatic heterocycles. The summed E-state index contributed by atoms with van der Waals surface area (Å²) in [4.78, 5) is 36.1. The van der Waals surface area contributed by atoms with E-state index in [1.807, 2.05) is 5.38 Å². The summed E-state index contributed by atoms with van der Waals surface area (Å²) in [6, 6.07) is 9.83. The van der Waals surface area contributed by atoms with Crippen LogP contribution in [-0.4, -0.2) is 30.4 Å². The van der Waals surface area contributed by atoms with Gasteiger partial charge in [0, 0.05) is 12.2 Å². The van der Waals surface area contributed by atoms with Gasteiger partial charge in [-0.1, -0.05) is 6.07 Å². The zero-order valence-electron chi connectivity index (χ0n) is 13.4. The summed E-state index contributed by atoms with van der Waals surface area (Å²) < 4.78 is 5.09. The molecule has 0 saturated carbocycles. The van der Waals surface area contributed by atoms with Gasteiger partial charge in [-0.05, 0) is 49.6 Å². The fourth-order valence-corrected chi connectivity index (χ4v) is 2.51. The molecule has 1 atom stereocenters. The molecule has 24 heavy (non-hydrogen) atoms. The molecule has 2 amide bonds. The number of esters is 1. The Morgan fingerprint density at radius 2 is 1.88 bits per heavy atom. The summed E-state index contributed by atoms with van der Waals surface area (Å²) >= 11 is 1.35. The smallest absolute Gasteiger partial charge is 0.338 e. The van der Waals surface area contributed by atoms with Crippen molar-refractivity contribution in [2.24, 2.45) is 0 Å². The van der Waals surface area contributed by atoms with Crippen LogP contribution in [0.2, 0.25) is 0 Å². The minimum absolute atomic E-state index is 0.204. The van der Waals surface area contributed by atoms with E-state index in [9.17, 15) is 14.4 Å². The van der Waals surface area contributed by atoms with Crippen molar-refractivity contribution in [1.29, 1.82) is 0 Å². The van der Waals surface area contributed by atoms with E-state index in [1.165, 1.54) is 30.4 Å². The predicted octanol–water partition coefficient (Wildman–Crippen LogP) is 2.68. The predicted molar refractivity (Wildman–Crippen MR) is 92.3 cm³/mol. The first-order valence-electron chi connectivity index (χ1n) is 7.45. The minimum atomic E-state index is -0.865. The Labute approximate surface area is 143 Å². The number of likely N-dealkylation sites (N-methyl/N-ethyl adjacent to an activating group) is 1. The Kier molecular flexibility index (Phi) is 6.08. The second kappa shape index (κ2) is 8.26. The maximum absolute atomic E-state index is 12.0. The number of hydrogen-bond donors (Lipinski definition) is 2. The lowest BCUT2D eigenvalue weighted by molar-refractivity contribution is -0.128. The Hall–Kier alpha value is -2.67. The van der Waals surface area contributed by atoms with Crippen molar-refractivity contribution in [2.75, 3.05) is 11.9 Å². The fourth-order valence-electron chi connectivity index (χ4n) is 1.89. The molecule has 6 nitrogen and oxygen atoms in total. The third-order valence-corrected chi connectivity index (χ3v) is 4.00. The van der Waals surface area contributed by atoms with Gasteiger partial charge in [0.05, 0.1) is 10.4 Å². The van der Waals surface area contributed by atoms with Crippen molar-refractivity contribution >= 4 is 34.8 Å². The molecule has 1 unspecified atom stereocenters. The number of rotatable bonds is 6. The van der Waals surface area contributed by atoms with Crippen LogP contribution in [0.15, 0.2) is 41.8 Å². The molecule has 126 valence electrons. The quantitative estimate of drug-likeness (QED) is 0.788. The molecule has 0 bridgehead atoms. The van der Waals surface area contributed by atoms with Crippen LogP contribution in [0.5, 0.6) is 0 Å². The third-order valence-electron chi connectivity index (χ3n) is 3.13. The summed E-state index contributed by atoms with van der Waals surface area (Å²) in [5.41, 5.74) is 0.877. The van der Waals surface area contributed by atoms with E-state index in [0.29, 0.717) is 22.7 Å². The standard InChI is InChI=1S/C17H18N2O4S/c1-3-18-15(20)11(2)23-17(22)12-6-8-13(9-7-12)19-16(21)14-5-4-10-24-14/h4-11H,3H2,1-2H3,(H,18,20)(H,19,21). The van der Waals surface area contributed by atoms with E-state index < -0.39 is 12.1 Å². The third kappa shape index (κ3) is 4.66. The topological polar surface area (TPSA) is 84.5 Å². The van der Waals surface area contributed by atoms with Crippen LogP contribution < -0.4 is 10.6 Å². The van der Waals surface area contributed by atoms with Gasteiger partial charge in [-0.15, -0.1) is 11.3 Å². The highest BCUT2D eigenvalue weighted by Gasteiger charge is 2.18. The Bertz CT molecular complexity index is 711. The maximum atomic E-state index is 12.0. The fraction of sp³-hybridized carbons (Fsp3) is 0.235. The van der Waals surface area contributed by atoms with Crippen LogP contribution >= 0.6 is 11.3 Å². The van der Waals surface area contributed by atoms with Gasteiger partial charge in [0.2, 0.25) is 0 Å². The van der Waals surface area contributed by atoms with Crippen LogP contribution in [0.25, 0.3) is 0 Å². The SMILES string of the molecule is CCNC(=O)C(C)OC(=O)c1ccc(NC(=O)c2cccs2)cc1. The van der Waals surface area contributed by atoms with Gasteiger partial charge in [0.1, 0.15) is 0 Å². The number of thiophene rings is 1. The number of anilines is 1. The summed E-state index contributed by atoms with van der Waals surface area (Å²) in [5.74, 6) is -1.14. The van der Waals surface area contributed by atoms with Crippen LogP contribution in [0.3, 0.4) is 0 Å². The van der Waals surface area contributed by atoms with Crippen molar-refractivity contribution in [3.63, 3.8) is 0 Å². The van der Waals surface area contributed by atoms with E-state index >= 15 is 0 Å². The first kappa shape index (κ1) is 17.7. The largest absolute Gasteiger partial charge is 0.449 e. The second-order valence-electron chi connectivity index (χ2n) is 4.95. The molecule has 0 aliphatic rings. The average Bonchev–Trinajstić information content (AvgIpc) is 3.10. The van der Waals surface area contributed by atoms with Crippen molar-refractivity contribution in [3.05, 3.63) is 52.2 Å². The van der Waals surface area contributed by atoms with E-state index in [0.717, 1.165) is 0 Å². The monoisotopic (exact) mass is 346 g/mol. The van der Waals surface area contributed by atoms with Gasteiger partial charge in [0.25, 0.3) is 11.8 Å². The Morgan fingerprint density at radius 3 is 2.46 bits per heavy atom. The highest BCUT2D eigenvalue weighted by Crippen LogP contribution is 2.15. The number of benzene rings is 1. The maximum Gasteiger partial charge on any atom is 0.338 e. The number of nitrogens with one attached hydrogen (secondary N) is 2. The summed E-state index contributed by atoms with van der Waals surface area (Å²) in [6.07, 6.45) is -0.865. The molecular weight excluding hydrogens is 328 g/mol. The number of carbonyl (C=O) groups excluding carboxylic acids is 3. The van der Waals surface area contributed by atoms with Crippen LogP contribution in [0, 0.1) is 0 Å². The second-order valence-corrected chi connectivity index (χ2v) is 5.90. The Balaban J connectivity index is 1.95. The molecule has 1 aromatic carbocycles. The molecular formula is C17H18N2O4S. The normalized spacial score (nSPS) is 11.4. The molecule has 2 aromatic rings. The zero-order valence-corrected chi connectivity index (χ0v) is 14.2. The van der Waals surface area contributed by atoms with Crippen LogP contribution in [-0.2, 0) is 9.53 Å². The zero-order chi connectivity index (χ0) is 17.5. The average molecular weight is 346 g/mol. The molecule has 1 heterocycles. The molecule has 0 saturated heterocycles. The summed E-state index contributed by atoms with van der Waals surface area (Å²) in [7, 11) is 0. The van der Waals surface area contributed by atoms with Crippen molar-refractivity contribution in [3.8, 4) is 0 Å². The number of ether oxygens (including phenoxy) is 1. The van der Waals surface area contributed by atoms with Gasteiger partial charge < -0.3 is 15.4 Å². The number of carbonyl (C=O) groups is 3. The van der Waals surface area contributed by atoms with Crippen molar-refractivity contribution < 1.29 is 19.1 Å². The molecule has 0 aliphatic heterocycles. The molecule has 2 rings (SSSR count). The lowest BCUT2D eigenvalue weighted by Crippen LogP contribution is -2.35. The highest BCUT2D eigenvalue weighted by molar-refractivity contribution is 7.12. The van der Waals surface area contributed by atoms with Gasteiger partial charge in [0.15, 0.2) is 6.10 Å². The minimum Gasteiger partial charge on any atom is -0.449 e. The number of amides is 2. The molecule has 0 radical (unpaired) electrons. The molecule has 0 spiro atoms. The van der Waals surface area contributed by atoms with Gasteiger partial charge in [-0.3, -0.25) is 9.59 Å². The van der Waals surface area contributed by atoms with Gasteiger partial charge >= 0.3 is 5.97 Å². The first-order valence-corrected chi connectivity index (χ1v) is 8.33. The van der Waals surface area contributed by atoms with Crippen LogP contribution in [0.4, 0.5) is 5.69 Å². The van der Waals surface area contributed by atoms with Crippen LogP contribution in [0.1, 0.15) is 33.9 Å². The lowest BCUT2D eigenvalue weighted by Gasteiger charge is -2.12. The van der Waals surface area contributed by atoms with E-state index in [4.69, 9.17) is 4.74 Å². The van der Waals surface area contributed by atoms with E-state index in [-0.39, 0.29) is 11.8 Å². The summed E-state index contributed by atoms with van der Waals surface area (Å²) in [6.45, 7) is 3.77. The van der Waals surface area contributed by atoms with Gasteiger partial charge in [-0.25, -0.2) is 4.79 Å². The highest BCUT2D eigenvalue weighted by atomic mass is 32.1. The van der Waals surface area contributed by atoms with Crippen molar-refractivity contribution in [1.82, 2.24) is 5.32 Å². The first-order chi connectivity index (χ1) is 11.5. The molecule has 0 aliphatic carbocycles. The van der Waals surface area contributed by atoms with E-state index in [1.54, 1.807) is 31.2 Å². The molecule has 0 fully saturated rings. The molecule has 2 N–H and O–H groups in total. The lowest BCUT2D eigenvalue weighted by atomic mass is 10.2. The summed E-state index contributed by atoms with van der Waals surface area (Å²) in [5, 5.41) is 7.15. The van der Waals surface area contributed by atoms with Gasteiger partial charge in [-0.2, -0.15) is 0 Å². The van der Waals surface area contributed by atoms with E-state index in [2.05, 4.69) is 10.6 Å². The molecule has 7 heteroatoms. The van der Waals surface area contributed by atoms with Crippen molar-refractivity contribution in [2.45, 2.75) is 20.0 Å².